The normalized spacial score (nSPS) is 14.2. The van der Waals surface area contributed by atoms with Crippen LogP contribution >= 0.6 is 0 Å². The van der Waals surface area contributed by atoms with Gasteiger partial charge >= 0.3 is 0 Å². The first kappa shape index (κ1) is 31.9. The molecule has 1 unspecified atom stereocenters. The molecule has 0 spiro atoms. The summed E-state index contributed by atoms with van der Waals surface area (Å²) in [6.45, 7) is 5.09. The summed E-state index contributed by atoms with van der Waals surface area (Å²) in [5.41, 5.74) is 2.93. The van der Waals surface area contributed by atoms with Crippen molar-refractivity contribution in [3.8, 4) is 11.5 Å². The van der Waals surface area contributed by atoms with Crippen LogP contribution in [0, 0.1) is 13.8 Å². The van der Waals surface area contributed by atoms with Crippen LogP contribution in [0.5, 0.6) is 11.5 Å². The third kappa shape index (κ3) is 7.67. The maximum Gasteiger partial charge on any atom is 0.264 e. The summed E-state index contributed by atoms with van der Waals surface area (Å²) >= 11 is 0. The lowest BCUT2D eigenvalue weighted by molar-refractivity contribution is -0.139. The van der Waals surface area contributed by atoms with Crippen molar-refractivity contribution in [3.63, 3.8) is 0 Å². The van der Waals surface area contributed by atoms with Gasteiger partial charge in [-0.25, -0.2) is 8.42 Å². The lowest BCUT2D eigenvalue weighted by Crippen LogP contribution is -2.52. The van der Waals surface area contributed by atoms with Crippen LogP contribution in [0.3, 0.4) is 0 Å². The molecular weight excluding hydrogens is 566 g/mol. The van der Waals surface area contributed by atoms with Gasteiger partial charge in [0.05, 0.1) is 24.8 Å². The topological polar surface area (TPSA) is 105 Å². The molecule has 10 heteroatoms. The highest BCUT2D eigenvalue weighted by Crippen LogP contribution is 2.36. The second-order valence-electron chi connectivity index (χ2n) is 11.0. The van der Waals surface area contributed by atoms with Crippen LogP contribution in [0.25, 0.3) is 0 Å². The van der Waals surface area contributed by atoms with Crippen molar-refractivity contribution in [3.05, 3.63) is 83.4 Å². The summed E-state index contributed by atoms with van der Waals surface area (Å²) in [4.78, 5) is 29.1. The van der Waals surface area contributed by atoms with E-state index in [1.54, 1.807) is 31.2 Å². The minimum absolute atomic E-state index is 0.0212. The summed E-state index contributed by atoms with van der Waals surface area (Å²) in [7, 11) is -1.34. The van der Waals surface area contributed by atoms with Gasteiger partial charge in [-0.15, -0.1) is 0 Å². The third-order valence-corrected chi connectivity index (χ3v) is 9.66. The first-order valence-electron chi connectivity index (χ1n) is 14.5. The molecule has 0 saturated heterocycles. The van der Waals surface area contributed by atoms with Crippen molar-refractivity contribution in [1.29, 1.82) is 0 Å². The highest BCUT2D eigenvalue weighted by atomic mass is 32.2. The lowest BCUT2D eigenvalue weighted by Gasteiger charge is -2.33. The number of aryl methyl sites for hydroxylation is 2. The smallest absolute Gasteiger partial charge is 0.264 e. The van der Waals surface area contributed by atoms with Crippen molar-refractivity contribution in [2.45, 2.75) is 70.0 Å². The molecule has 2 amide bonds. The third-order valence-electron chi connectivity index (χ3n) is 7.88. The molecule has 3 aromatic carbocycles. The van der Waals surface area contributed by atoms with E-state index in [1.165, 1.54) is 37.3 Å². The van der Waals surface area contributed by atoms with Gasteiger partial charge in [0.15, 0.2) is 0 Å². The Hall–Kier alpha value is -4.05. The van der Waals surface area contributed by atoms with Gasteiger partial charge in [0.1, 0.15) is 24.1 Å². The van der Waals surface area contributed by atoms with Gasteiger partial charge < -0.3 is 19.7 Å². The quantitative estimate of drug-likeness (QED) is 0.311. The number of benzene rings is 3. The Morgan fingerprint density at radius 1 is 0.907 bits per heavy atom. The van der Waals surface area contributed by atoms with E-state index in [0.29, 0.717) is 5.75 Å². The maximum absolute atomic E-state index is 14.2. The van der Waals surface area contributed by atoms with Crippen molar-refractivity contribution < 1.29 is 27.5 Å². The predicted octanol–water partition coefficient (Wildman–Crippen LogP) is 4.99. The van der Waals surface area contributed by atoms with Gasteiger partial charge in [-0.1, -0.05) is 60.4 Å². The number of carbonyl (C=O) groups excluding carboxylic acids is 2. The number of sulfonamides is 1. The Bertz CT molecular complexity index is 1520. The summed E-state index contributed by atoms with van der Waals surface area (Å²) in [5.74, 6) is -0.149. The predicted molar refractivity (Wildman–Crippen MR) is 167 cm³/mol. The zero-order valence-corrected chi connectivity index (χ0v) is 26.3. The molecule has 9 nitrogen and oxygen atoms in total. The molecule has 1 aliphatic rings. The van der Waals surface area contributed by atoms with E-state index >= 15 is 0 Å². The van der Waals surface area contributed by atoms with Crippen molar-refractivity contribution in [1.82, 2.24) is 10.2 Å². The van der Waals surface area contributed by atoms with Gasteiger partial charge in [-0.3, -0.25) is 13.9 Å². The highest BCUT2D eigenvalue weighted by molar-refractivity contribution is 7.92. The fourth-order valence-electron chi connectivity index (χ4n) is 5.21. The Morgan fingerprint density at radius 2 is 1.51 bits per heavy atom. The number of anilines is 1. The van der Waals surface area contributed by atoms with Crippen LogP contribution < -0.4 is 19.1 Å². The number of amides is 2. The van der Waals surface area contributed by atoms with Crippen molar-refractivity contribution >= 4 is 27.5 Å². The molecule has 1 saturated carbocycles. The number of rotatable bonds is 12. The first-order valence-corrected chi connectivity index (χ1v) is 15.9. The molecular formula is C33H41N3O6S. The van der Waals surface area contributed by atoms with Crippen LogP contribution in [0.2, 0.25) is 0 Å². The average Bonchev–Trinajstić information content (AvgIpc) is 3.52. The van der Waals surface area contributed by atoms with Crippen molar-refractivity contribution in [2.24, 2.45) is 0 Å². The van der Waals surface area contributed by atoms with Crippen molar-refractivity contribution in [2.75, 3.05) is 25.1 Å². The van der Waals surface area contributed by atoms with Crippen LogP contribution in [-0.4, -0.2) is 58.0 Å². The minimum Gasteiger partial charge on any atom is -0.497 e. The largest absolute Gasteiger partial charge is 0.497 e. The fraction of sp³-hybridized carbons (Fsp3) is 0.394. The summed E-state index contributed by atoms with van der Waals surface area (Å²) in [6.07, 6.45) is 3.92. The number of nitrogens with one attached hydrogen (secondary N) is 1. The second kappa shape index (κ2) is 13.9. The summed E-state index contributed by atoms with van der Waals surface area (Å²) < 4.78 is 40.3. The molecule has 0 heterocycles. The lowest BCUT2D eigenvalue weighted by atomic mass is 10.1. The number of carbonyl (C=O) groups is 2. The monoisotopic (exact) mass is 607 g/mol. The second-order valence-corrected chi connectivity index (χ2v) is 12.9. The van der Waals surface area contributed by atoms with Gasteiger partial charge in [-0.05, 0) is 63.4 Å². The van der Waals surface area contributed by atoms with E-state index in [4.69, 9.17) is 9.47 Å². The van der Waals surface area contributed by atoms with Crippen LogP contribution in [0.15, 0.2) is 71.6 Å². The summed E-state index contributed by atoms with van der Waals surface area (Å²) in [6, 6.07) is 18.1. The van der Waals surface area contributed by atoms with Gasteiger partial charge in [0, 0.05) is 18.7 Å². The van der Waals surface area contributed by atoms with Crippen LogP contribution in [-0.2, 0) is 26.2 Å². The van der Waals surface area contributed by atoms with Gasteiger partial charge in [0.25, 0.3) is 10.0 Å². The Morgan fingerprint density at radius 3 is 2.09 bits per heavy atom. The van der Waals surface area contributed by atoms with E-state index in [0.717, 1.165) is 46.7 Å². The zero-order valence-electron chi connectivity index (χ0n) is 25.5. The molecule has 0 radical (unpaired) electrons. The molecule has 1 atom stereocenters. The van der Waals surface area contributed by atoms with E-state index in [9.17, 15) is 18.0 Å². The maximum atomic E-state index is 14.2. The number of methoxy groups -OCH3 is 2. The molecule has 4 rings (SSSR count). The number of nitrogens with zero attached hydrogens (tertiary/aromatic N) is 2. The van der Waals surface area contributed by atoms with E-state index in [1.807, 2.05) is 38.1 Å². The Kier molecular flexibility index (Phi) is 10.3. The number of hydrogen-bond donors (Lipinski definition) is 1. The molecule has 0 aromatic heterocycles. The van der Waals surface area contributed by atoms with Crippen LogP contribution in [0.1, 0.15) is 49.3 Å². The molecule has 1 aliphatic carbocycles. The van der Waals surface area contributed by atoms with E-state index < -0.39 is 28.5 Å². The van der Waals surface area contributed by atoms with Crippen LogP contribution in [0.4, 0.5) is 5.69 Å². The molecule has 230 valence electrons. The Balaban J connectivity index is 1.75. The zero-order chi connectivity index (χ0) is 31.1. The summed E-state index contributed by atoms with van der Waals surface area (Å²) in [5, 5.41) is 3.09. The van der Waals surface area contributed by atoms with Gasteiger partial charge in [-0.2, -0.15) is 0 Å². The molecule has 1 N–H and O–H groups in total. The SMILES string of the molecule is COc1ccc(OC)c(N(CC(=O)N(Cc2ccc(C)cc2)C(C)C(=O)NC2CCCC2)S(=O)(=O)c2ccc(C)cc2)c1. The minimum atomic E-state index is -4.25. The Labute approximate surface area is 254 Å². The number of ether oxygens (including phenoxy) is 2. The molecule has 0 aliphatic heterocycles. The van der Waals surface area contributed by atoms with E-state index in [2.05, 4.69) is 5.32 Å². The van der Waals surface area contributed by atoms with E-state index in [-0.39, 0.29) is 34.8 Å². The van der Waals surface area contributed by atoms with Gasteiger partial charge in [0.2, 0.25) is 11.8 Å². The molecule has 0 bridgehead atoms. The standard InChI is InChI=1S/C33H41N3O6S/c1-23-10-14-26(15-11-23)21-35(25(3)33(38)34-27-8-6-7-9-27)32(37)22-36(30-20-28(41-4)16-19-31(30)42-5)43(39,40)29-17-12-24(2)13-18-29/h10-20,25,27H,6-9,21-22H2,1-5H3,(H,34,38). The molecule has 3 aromatic rings. The highest BCUT2D eigenvalue weighted by Gasteiger charge is 2.34. The molecule has 1 fully saturated rings. The molecule has 43 heavy (non-hydrogen) atoms. The fourth-order valence-corrected chi connectivity index (χ4v) is 6.62. The number of hydrogen-bond acceptors (Lipinski definition) is 6. The first-order chi connectivity index (χ1) is 20.5. The average molecular weight is 608 g/mol.